The van der Waals surface area contributed by atoms with Gasteiger partial charge in [-0.1, -0.05) is 25.5 Å². The van der Waals surface area contributed by atoms with Gasteiger partial charge in [-0.3, -0.25) is 19.3 Å². The van der Waals surface area contributed by atoms with Crippen molar-refractivity contribution in [2.75, 3.05) is 27.2 Å². The van der Waals surface area contributed by atoms with E-state index in [1.165, 1.54) is 49.4 Å². The van der Waals surface area contributed by atoms with Gasteiger partial charge in [-0.25, -0.2) is 13.6 Å². The normalized spacial score (nSPS) is 17.6. The third-order valence-electron chi connectivity index (χ3n) is 7.81. The highest BCUT2D eigenvalue weighted by Gasteiger charge is 2.57. The Morgan fingerprint density at radius 2 is 1.70 bits per heavy atom. The molecule has 5 amide bonds. The number of hydrogen-bond acceptors (Lipinski definition) is 5. The third kappa shape index (κ3) is 5.24. The van der Waals surface area contributed by atoms with Crippen molar-refractivity contribution in [3.63, 3.8) is 0 Å². The SMILES string of the molecule is COc1ccc(F)c(CN2C(=O)N(C)C(=O)C23CCN(C(=O)[C@H](NC(=O)c2cc(C)ccc2F)C(C)C)CC3)c1. The van der Waals surface area contributed by atoms with Crippen molar-refractivity contribution < 1.29 is 32.7 Å². The molecule has 2 heterocycles. The molecule has 1 N–H and O–H groups in total. The standard InChI is InChI=1S/C29H34F2N4O5/c1-17(2)24(32-25(36)21-14-18(3)6-8-23(21)31)26(37)34-12-10-29(11-13-34)27(38)33(4)28(39)35(29)16-19-15-20(40-5)7-9-22(19)30/h6-9,14-15,17,24H,10-13,16H2,1-5H3,(H,32,36)/t24-/m1/s1. The second kappa shape index (κ2) is 11.2. The lowest BCUT2D eigenvalue weighted by Crippen LogP contribution is -2.60. The van der Waals surface area contributed by atoms with Crippen LogP contribution >= 0.6 is 0 Å². The Labute approximate surface area is 232 Å². The molecule has 2 aromatic rings. The highest BCUT2D eigenvalue weighted by atomic mass is 19.1. The fourth-order valence-electron chi connectivity index (χ4n) is 5.39. The van der Waals surface area contributed by atoms with Gasteiger partial charge in [0, 0.05) is 25.7 Å². The van der Waals surface area contributed by atoms with Gasteiger partial charge in [-0.15, -0.1) is 0 Å². The molecule has 2 aliphatic rings. The van der Waals surface area contributed by atoms with Crippen LogP contribution < -0.4 is 10.1 Å². The number of nitrogens with one attached hydrogen (secondary N) is 1. The molecule has 2 aliphatic heterocycles. The van der Waals surface area contributed by atoms with Crippen LogP contribution in [0, 0.1) is 24.5 Å². The molecular formula is C29H34F2N4O5. The summed E-state index contributed by atoms with van der Waals surface area (Å²) in [6.07, 6.45) is 0.287. The highest BCUT2D eigenvalue weighted by molar-refractivity contribution is 6.07. The second-order valence-corrected chi connectivity index (χ2v) is 10.7. The number of likely N-dealkylation sites (tertiary alicyclic amines) is 1. The summed E-state index contributed by atoms with van der Waals surface area (Å²) in [5, 5.41) is 2.68. The zero-order valence-corrected chi connectivity index (χ0v) is 23.3. The van der Waals surface area contributed by atoms with Crippen molar-refractivity contribution in [3.05, 3.63) is 64.7 Å². The number of urea groups is 1. The summed E-state index contributed by atoms with van der Waals surface area (Å²) in [5.74, 6) is -2.54. The number of imide groups is 1. The Morgan fingerprint density at radius 1 is 1.05 bits per heavy atom. The van der Waals surface area contributed by atoms with Crippen LogP contribution in [0.3, 0.4) is 0 Å². The van der Waals surface area contributed by atoms with Crippen molar-refractivity contribution in [1.82, 2.24) is 20.0 Å². The Balaban J connectivity index is 1.52. The number of aryl methyl sites for hydroxylation is 1. The number of benzene rings is 2. The molecule has 2 saturated heterocycles. The van der Waals surface area contributed by atoms with E-state index < -0.39 is 41.1 Å². The van der Waals surface area contributed by atoms with Gasteiger partial charge >= 0.3 is 6.03 Å². The van der Waals surface area contributed by atoms with E-state index in [9.17, 15) is 28.0 Å². The minimum atomic E-state index is -1.24. The number of piperidine rings is 1. The number of methoxy groups -OCH3 is 1. The maximum absolute atomic E-state index is 14.6. The molecular weight excluding hydrogens is 522 g/mol. The summed E-state index contributed by atoms with van der Waals surface area (Å²) >= 11 is 0. The summed E-state index contributed by atoms with van der Waals surface area (Å²) in [7, 11) is 2.84. The Kier molecular flexibility index (Phi) is 8.13. The third-order valence-corrected chi connectivity index (χ3v) is 7.81. The maximum atomic E-state index is 14.6. The Hall–Kier alpha value is -4.02. The van der Waals surface area contributed by atoms with Crippen molar-refractivity contribution in [3.8, 4) is 5.75 Å². The number of carbonyl (C=O) groups excluding carboxylic acids is 4. The molecule has 0 aliphatic carbocycles. The highest BCUT2D eigenvalue weighted by Crippen LogP contribution is 2.38. The first kappa shape index (κ1) is 29.0. The van der Waals surface area contributed by atoms with Crippen LogP contribution in [0.2, 0.25) is 0 Å². The number of amides is 5. The van der Waals surface area contributed by atoms with Gasteiger partial charge in [-0.2, -0.15) is 0 Å². The van der Waals surface area contributed by atoms with E-state index in [-0.39, 0.29) is 55.4 Å². The minimum absolute atomic E-state index is 0.140. The number of halogens is 2. The van der Waals surface area contributed by atoms with Crippen LogP contribution in [0.4, 0.5) is 13.6 Å². The smallest absolute Gasteiger partial charge is 0.327 e. The lowest BCUT2D eigenvalue weighted by atomic mass is 9.85. The molecule has 9 nitrogen and oxygen atoms in total. The summed E-state index contributed by atoms with van der Waals surface area (Å²) in [5.41, 5.74) is -0.465. The predicted octanol–water partition coefficient (Wildman–Crippen LogP) is 3.49. The molecule has 0 bridgehead atoms. The number of nitrogens with zero attached hydrogens (tertiary/aromatic N) is 3. The molecule has 214 valence electrons. The summed E-state index contributed by atoms with van der Waals surface area (Å²) in [6, 6.07) is 6.93. The number of ether oxygens (including phenoxy) is 1. The largest absolute Gasteiger partial charge is 0.497 e. The molecule has 0 saturated carbocycles. The molecule has 4 rings (SSSR count). The van der Waals surface area contributed by atoms with E-state index >= 15 is 0 Å². The molecule has 2 aromatic carbocycles. The molecule has 2 fully saturated rings. The van der Waals surface area contributed by atoms with Gasteiger partial charge < -0.3 is 19.9 Å². The van der Waals surface area contributed by atoms with E-state index in [1.807, 2.05) is 0 Å². The zero-order chi connectivity index (χ0) is 29.4. The molecule has 0 unspecified atom stereocenters. The monoisotopic (exact) mass is 556 g/mol. The van der Waals surface area contributed by atoms with E-state index in [4.69, 9.17) is 4.74 Å². The fourth-order valence-corrected chi connectivity index (χ4v) is 5.39. The van der Waals surface area contributed by atoms with Gasteiger partial charge in [0.25, 0.3) is 11.8 Å². The molecule has 11 heteroatoms. The molecule has 0 aromatic heterocycles. The topological polar surface area (TPSA) is 99.3 Å². The van der Waals surface area contributed by atoms with Gasteiger partial charge in [0.15, 0.2) is 0 Å². The van der Waals surface area contributed by atoms with Gasteiger partial charge in [0.2, 0.25) is 5.91 Å². The van der Waals surface area contributed by atoms with Crippen LogP contribution in [0.5, 0.6) is 5.75 Å². The summed E-state index contributed by atoms with van der Waals surface area (Å²) in [4.78, 5) is 56.8. The van der Waals surface area contributed by atoms with Crippen LogP contribution in [-0.4, -0.2) is 77.3 Å². The number of carbonyl (C=O) groups is 4. The Bertz CT molecular complexity index is 1340. The van der Waals surface area contributed by atoms with Crippen LogP contribution in [0.15, 0.2) is 36.4 Å². The molecule has 40 heavy (non-hydrogen) atoms. The first-order valence-electron chi connectivity index (χ1n) is 13.2. The lowest BCUT2D eigenvalue weighted by molar-refractivity contribution is -0.142. The van der Waals surface area contributed by atoms with E-state index in [2.05, 4.69) is 5.32 Å². The molecule has 1 atom stereocenters. The van der Waals surface area contributed by atoms with Crippen molar-refractivity contribution in [1.29, 1.82) is 0 Å². The molecule has 1 spiro atoms. The maximum Gasteiger partial charge on any atom is 0.327 e. The van der Waals surface area contributed by atoms with Gasteiger partial charge in [-0.05, 0) is 56.0 Å². The Morgan fingerprint density at radius 3 is 2.33 bits per heavy atom. The number of hydrogen-bond donors (Lipinski definition) is 1. The quantitative estimate of drug-likeness (QED) is 0.527. The van der Waals surface area contributed by atoms with Crippen LogP contribution in [-0.2, 0) is 16.1 Å². The number of likely N-dealkylation sites (N-methyl/N-ethyl adjacent to an activating group) is 1. The first-order chi connectivity index (χ1) is 18.9. The predicted molar refractivity (Wildman–Crippen MR) is 142 cm³/mol. The van der Waals surface area contributed by atoms with Gasteiger partial charge in [0.05, 0.1) is 19.2 Å². The summed E-state index contributed by atoms with van der Waals surface area (Å²) in [6.45, 7) is 5.43. The van der Waals surface area contributed by atoms with E-state index in [1.54, 1.807) is 31.7 Å². The van der Waals surface area contributed by atoms with Crippen molar-refractivity contribution in [2.24, 2.45) is 5.92 Å². The number of rotatable bonds is 7. The van der Waals surface area contributed by atoms with Crippen LogP contribution in [0.25, 0.3) is 0 Å². The van der Waals surface area contributed by atoms with E-state index in [0.29, 0.717) is 11.3 Å². The summed E-state index contributed by atoms with van der Waals surface area (Å²) < 4.78 is 34.1. The molecule has 0 radical (unpaired) electrons. The zero-order valence-electron chi connectivity index (χ0n) is 23.3. The average Bonchev–Trinajstić information content (AvgIpc) is 3.10. The van der Waals surface area contributed by atoms with Gasteiger partial charge in [0.1, 0.15) is 29.0 Å². The van der Waals surface area contributed by atoms with Crippen molar-refractivity contribution in [2.45, 2.75) is 51.7 Å². The van der Waals surface area contributed by atoms with Crippen LogP contribution in [0.1, 0.15) is 48.2 Å². The lowest BCUT2D eigenvalue weighted by Gasteiger charge is -2.43. The average molecular weight is 557 g/mol. The first-order valence-corrected chi connectivity index (χ1v) is 13.2. The fraction of sp³-hybridized carbons (Fsp3) is 0.448. The van der Waals surface area contributed by atoms with Crippen molar-refractivity contribution >= 4 is 23.8 Å². The minimum Gasteiger partial charge on any atom is -0.497 e. The van der Waals surface area contributed by atoms with E-state index in [0.717, 1.165) is 4.90 Å². The second-order valence-electron chi connectivity index (χ2n) is 10.7.